The van der Waals surface area contributed by atoms with Crippen molar-refractivity contribution in [2.24, 2.45) is 5.73 Å². The zero-order chi connectivity index (χ0) is 6.04. The molecule has 0 aliphatic carbocycles. The van der Waals surface area contributed by atoms with Gasteiger partial charge in [-0.2, -0.15) is 11.8 Å². The molecule has 0 unspecified atom stereocenters. The van der Waals surface area contributed by atoms with Gasteiger partial charge in [0.25, 0.3) is 0 Å². The number of aliphatic hydroxyl groups excluding tert-OH is 1. The first kappa shape index (κ1) is 6.39. The first-order valence-electron chi connectivity index (χ1n) is 2.74. The van der Waals surface area contributed by atoms with Crippen LogP contribution in [0, 0.1) is 0 Å². The summed E-state index contributed by atoms with van der Waals surface area (Å²) in [4.78, 5) is 0. The Labute approximate surface area is 53.5 Å². The number of nitrogens with two attached hydrogens (primary N) is 1. The number of hydrogen-bond acceptors (Lipinski definition) is 3. The second kappa shape index (κ2) is 2.25. The lowest BCUT2D eigenvalue weighted by atomic mass is 10.0. The summed E-state index contributed by atoms with van der Waals surface area (Å²) < 4.78 is 0. The smallest absolute Gasteiger partial charge is 0.0619 e. The van der Waals surface area contributed by atoms with Gasteiger partial charge >= 0.3 is 0 Å². The predicted molar refractivity (Wildman–Crippen MR) is 35.9 cm³/mol. The van der Waals surface area contributed by atoms with Crippen LogP contribution in [-0.4, -0.2) is 28.8 Å². The van der Waals surface area contributed by atoms with E-state index in [-0.39, 0.29) is 12.1 Å². The van der Waals surface area contributed by atoms with Crippen LogP contribution in [0.3, 0.4) is 0 Å². The zero-order valence-corrected chi connectivity index (χ0v) is 5.58. The lowest BCUT2D eigenvalue weighted by Crippen LogP contribution is -2.43. The van der Waals surface area contributed by atoms with E-state index >= 15 is 0 Å². The summed E-state index contributed by atoms with van der Waals surface area (Å²) in [5.41, 5.74) is 5.44. The van der Waals surface area contributed by atoms with Gasteiger partial charge in [-0.25, -0.2) is 0 Å². The predicted octanol–water partition coefficient (Wildman–Crippen LogP) is -0.187. The Balaban J connectivity index is 2.40. The highest BCUT2D eigenvalue weighted by Gasteiger charge is 2.28. The SMILES string of the molecule is N[C@@]1(CO)CCSC1. The van der Waals surface area contributed by atoms with Crippen LogP contribution in [-0.2, 0) is 0 Å². The van der Waals surface area contributed by atoms with Crippen LogP contribution >= 0.6 is 11.8 Å². The van der Waals surface area contributed by atoms with Crippen molar-refractivity contribution in [3.05, 3.63) is 0 Å². The summed E-state index contributed by atoms with van der Waals surface area (Å²) >= 11 is 1.82. The van der Waals surface area contributed by atoms with Crippen LogP contribution in [0.2, 0.25) is 0 Å². The van der Waals surface area contributed by atoms with Gasteiger partial charge in [-0.3, -0.25) is 0 Å². The molecule has 1 saturated heterocycles. The van der Waals surface area contributed by atoms with Gasteiger partial charge in [-0.15, -0.1) is 0 Å². The topological polar surface area (TPSA) is 46.2 Å². The van der Waals surface area contributed by atoms with Crippen molar-refractivity contribution in [2.45, 2.75) is 12.0 Å². The standard InChI is InChI=1S/C5H11NOS/c6-5(3-7)1-2-8-4-5/h7H,1-4,6H2/t5-/m1/s1. The molecule has 48 valence electrons. The largest absolute Gasteiger partial charge is 0.394 e. The molecule has 0 radical (unpaired) electrons. The highest BCUT2D eigenvalue weighted by molar-refractivity contribution is 7.99. The van der Waals surface area contributed by atoms with Gasteiger partial charge in [0.1, 0.15) is 0 Å². The molecule has 1 heterocycles. The van der Waals surface area contributed by atoms with Crippen molar-refractivity contribution >= 4 is 11.8 Å². The monoisotopic (exact) mass is 133 g/mol. The molecule has 2 nitrogen and oxygen atoms in total. The average Bonchev–Trinajstić information content (AvgIpc) is 2.17. The molecule has 1 atom stereocenters. The molecule has 0 bridgehead atoms. The van der Waals surface area contributed by atoms with Crippen LogP contribution < -0.4 is 5.73 Å². The minimum Gasteiger partial charge on any atom is -0.394 e. The van der Waals surface area contributed by atoms with E-state index in [1.165, 1.54) is 0 Å². The van der Waals surface area contributed by atoms with Gasteiger partial charge in [0.2, 0.25) is 0 Å². The maximum absolute atomic E-state index is 8.69. The fraction of sp³-hybridized carbons (Fsp3) is 1.00. The van der Waals surface area contributed by atoms with E-state index in [2.05, 4.69) is 0 Å². The van der Waals surface area contributed by atoms with Crippen LogP contribution in [0.15, 0.2) is 0 Å². The lowest BCUT2D eigenvalue weighted by Gasteiger charge is -2.17. The van der Waals surface area contributed by atoms with Gasteiger partial charge in [-0.05, 0) is 12.2 Å². The number of rotatable bonds is 1. The summed E-state index contributed by atoms with van der Waals surface area (Å²) in [5, 5.41) is 8.69. The van der Waals surface area contributed by atoms with Crippen LogP contribution in [0.5, 0.6) is 0 Å². The highest BCUT2D eigenvalue weighted by Crippen LogP contribution is 2.24. The molecule has 3 N–H and O–H groups in total. The van der Waals surface area contributed by atoms with E-state index in [9.17, 15) is 0 Å². The molecule has 0 amide bonds. The van der Waals surface area contributed by atoms with E-state index in [0.29, 0.717) is 0 Å². The minimum atomic E-state index is -0.245. The van der Waals surface area contributed by atoms with Crippen molar-refractivity contribution in [3.63, 3.8) is 0 Å². The molecule has 0 spiro atoms. The van der Waals surface area contributed by atoms with Crippen molar-refractivity contribution in [2.75, 3.05) is 18.1 Å². The Morgan fingerprint density at radius 3 is 2.75 bits per heavy atom. The average molecular weight is 133 g/mol. The minimum absolute atomic E-state index is 0.139. The van der Waals surface area contributed by atoms with Crippen LogP contribution in [0.1, 0.15) is 6.42 Å². The maximum atomic E-state index is 8.69. The molecule has 0 aromatic carbocycles. The van der Waals surface area contributed by atoms with Gasteiger partial charge in [-0.1, -0.05) is 0 Å². The molecular weight excluding hydrogens is 122 g/mol. The van der Waals surface area contributed by atoms with E-state index in [0.717, 1.165) is 17.9 Å². The molecule has 0 saturated carbocycles. The molecule has 0 aromatic heterocycles. The van der Waals surface area contributed by atoms with Crippen molar-refractivity contribution in [1.29, 1.82) is 0 Å². The van der Waals surface area contributed by atoms with Crippen LogP contribution in [0.25, 0.3) is 0 Å². The third kappa shape index (κ3) is 1.16. The molecule has 8 heavy (non-hydrogen) atoms. The Hall–Kier alpha value is 0.270. The van der Waals surface area contributed by atoms with Crippen molar-refractivity contribution in [1.82, 2.24) is 0 Å². The Bertz CT molecular complexity index is 80.5. The number of thioether (sulfide) groups is 1. The van der Waals surface area contributed by atoms with Crippen molar-refractivity contribution in [3.8, 4) is 0 Å². The second-order valence-electron chi connectivity index (χ2n) is 2.32. The molecule has 1 fully saturated rings. The molecule has 3 heteroatoms. The van der Waals surface area contributed by atoms with Gasteiger partial charge < -0.3 is 10.8 Å². The molecule has 1 rings (SSSR count). The summed E-state index contributed by atoms with van der Waals surface area (Å²) in [7, 11) is 0. The fourth-order valence-electron chi connectivity index (χ4n) is 0.748. The Kier molecular flexibility index (Phi) is 1.80. The first-order chi connectivity index (χ1) is 3.77. The normalized spacial score (nSPS) is 38.2. The van der Waals surface area contributed by atoms with E-state index < -0.39 is 0 Å². The fourth-order valence-corrected chi connectivity index (χ4v) is 2.09. The Morgan fingerprint density at radius 2 is 2.50 bits per heavy atom. The quantitative estimate of drug-likeness (QED) is 0.521. The number of aliphatic hydroxyl groups is 1. The third-order valence-electron chi connectivity index (χ3n) is 1.45. The Morgan fingerprint density at radius 1 is 1.75 bits per heavy atom. The van der Waals surface area contributed by atoms with E-state index in [1.807, 2.05) is 11.8 Å². The summed E-state index contributed by atoms with van der Waals surface area (Å²) in [6, 6.07) is 0. The van der Waals surface area contributed by atoms with E-state index in [1.54, 1.807) is 0 Å². The summed E-state index contributed by atoms with van der Waals surface area (Å²) in [5.74, 6) is 2.03. The van der Waals surface area contributed by atoms with Crippen LogP contribution in [0.4, 0.5) is 0 Å². The molecular formula is C5H11NOS. The second-order valence-corrected chi connectivity index (χ2v) is 3.43. The van der Waals surface area contributed by atoms with Crippen molar-refractivity contribution < 1.29 is 5.11 Å². The summed E-state index contributed by atoms with van der Waals surface area (Å²) in [6.45, 7) is 0.139. The highest BCUT2D eigenvalue weighted by atomic mass is 32.2. The molecule has 0 aromatic rings. The van der Waals surface area contributed by atoms with Gasteiger partial charge in [0.15, 0.2) is 0 Å². The number of hydrogen-bond donors (Lipinski definition) is 2. The summed E-state index contributed by atoms with van der Waals surface area (Å²) in [6.07, 6.45) is 0.966. The zero-order valence-electron chi connectivity index (χ0n) is 4.76. The maximum Gasteiger partial charge on any atom is 0.0619 e. The molecule has 1 aliphatic rings. The first-order valence-corrected chi connectivity index (χ1v) is 3.90. The van der Waals surface area contributed by atoms with Gasteiger partial charge in [0.05, 0.1) is 6.61 Å². The van der Waals surface area contributed by atoms with E-state index in [4.69, 9.17) is 10.8 Å². The molecule has 1 aliphatic heterocycles. The lowest BCUT2D eigenvalue weighted by molar-refractivity contribution is 0.213. The third-order valence-corrected chi connectivity index (χ3v) is 2.72. The van der Waals surface area contributed by atoms with Gasteiger partial charge in [0, 0.05) is 11.3 Å².